The quantitative estimate of drug-likeness (QED) is 0.728. The predicted molar refractivity (Wildman–Crippen MR) is 49.7 cm³/mol. The lowest BCUT2D eigenvalue weighted by Gasteiger charge is -2.02. The molecule has 2 aromatic rings. The van der Waals surface area contributed by atoms with Gasteiger partial charge < -0.3 is 5.32 Å². The van der Waals surface area contributed by atoms with Gasteiger partial charge in [-0.05, 0) is 12.1 Å². The molecule has 0 saturated carbocycles. The van der Waals surface area contributed by atoms with Crippen LogP contribution in [-0.4, -0.2) is 20.8 Å². The molecule has 1 amide bonds. The first-order chi connectivity index (χ1) is 6.86. The van der Waals surface area contributed by atoms with E-state index in [1.807, 2.05) is 0 Å². The Bertz CT molecular complexity index is 410. The van der Waals surface area contributed by atoms with Gasteiger partial charge in [-0.25, -0.2) is 4.79 Å². The van der Waals surface area contributed by atoms with E-state index in [1.165, 1.54) is 17.1 Å². The molecule has 5 heteroatoms. The fourth-order valence-electron chi connectivity index (χ4n) is 0.960. The number of anilines is 1. The van der Waals surface area contributed by atoms with Crippen molar-refractivity contribution >= 4 is 11.7 Å². The van der Waals surface area contributed by atoms with Gasteiger partial charge in [0.1, 0.15) is 0 Å². The fraction of sp³-hybridized carbons (Fsp3) is 0. The average Bonchev–Trinajstić information content (AvgIpc) is 2.72. The summed E-state index contributed by atoms with van der Waals surface area (Å²) >= 11 is 0. The molecule has 14 heavy (non-hydrogen) atoms. The number of hydrogen-bond acceptors (Lipinski definition) is 3. The van der Waals surface area contributed by atoms with Crippen LogP contribution in [0.25, 0.3) is 0 Å². The molecule has 0 bridgehead atoms. The summed E-state index contributed by atoms with van der Waals surface area (Å²) < 4.78 is 1.17. The van der Waals surface area contributed by atoms with Crippen molar-refractivity contribution < 1.29 is 4.79 Å². The maximum absolute atomic E-state index is 11.4. The molecule has 5 nitrogen and oxygen atoms in total. The molecule has 0 atom stereocenters. The van der Waals surface area contributed by atoms with E-state index in [-0.39, 0.29) is 6.03 Å². The summed E-state index contributed by atoms with van der Waals surface area (Å²) in [6.07, 6.45) is 6.08. The zero-order valence-corrected chi connectivity index (χ0v) is 7.21. The van der Waals surface area contributed by atoms with E-state index in [9.17, 15) is 4.79 Å². The van der Waals surface area contributed by atoms with Crippen LogP contribution >= 0.6 is 0 Å². The van der Waals surface area contributed by atoms with E-state index in [1.54, 1.807) is 24.5 Å². The van der Waals surface area contributed by atoms with E-state index in [0.29, 0.717) is 5.69 Å². The third-order valence-electron chi connectivity index (χ3n) is 1.59. The summed E-state index contributed by atoms with van der Waals surface area (Å²) in [5.74, 6) is 0. The molecule has 0 unspecified atom stereocenters. The van der Waals surface area contributed by atoms with Crippen molar-refractivity contribution in [3.63, 3.8) is 0 Å². The number of rotatable bonds is 1. The highest BCUT2D eigenvalue weighted by molar-refractivity contribution is 5.90. The first kappa shape index (κ1) is 8.43. The van der Waals surface area contributed by atoms with Crippen LogP contribution in [0.15, 0.2) is 36.9 Å². The Labute approximate surface area is 80.4 Å². The van der Waals surface area contributed by atoms with Crippen LogP contribution in [0, 0.1) is 6.07 Å². The minimum atomic E-state index is -0.322. The van der Waals surface area contributed by atoms with Crippen molar-refractivity contribution in [3.8, 4) is 0 Å². The second-order valence-corrected chi connectivity index (χ2v) is 2.55. The summed E-state index contributed by atoms with van der Waals surface area (Å²) in [6, 6.07) is 5.75. The van der Waals surface area contributed by atoms with Gasteiger partial charge in [-0.1, -0.05) is 0 Å². The highest BCUT2D eigenvalue weighted by Gasteiger charge is 2.03. The van der Waals surface area contributed by atoms with Gasteiger partial charge in [0, 0.05) is 30.3 Å². The Kier molecular flexibility index (Phi) is 2.22. The SMILES string of the molecule is O=C(Nc1ccncc1)n1c[c]cn1. The second kappa shape index (κ2) is 3.69. The van der Waals surface area contributed by atoms with Crippen molar-refractivity contribution in [2.24, 2.45) is 0 Å². The first-order valence-electron chi connectivity index (χ1n) is 3.98. The molecule has 69 valence electrons. The standard InChI is InChI=1S/C9H7N4O/c14-9(13-7-1-4-11-13)12-8-2-5-10-6-3-8/h2-7H,(H,10,12,14). The van der Waals surface area contributed by atoms with Gasteiger partial charge in [-0.15, -0.1) is 0 Å². The zero-order valence-electron chi connectivity index (χ0n) is 7.21. The van der Waals surface area contributed by atoms with Crippen molar-refractivity contribution in [1.29, 1.82) is 0 Å². The maximum atomic E-state index is 11.4. The van der Waals surface area contributed by atoms with E-state index in [2.05, 4.69) is 21.5 Å². The Morgan fingerprint density at radius 2 is 2.21 bits per heavy atom. The topological polar surface area (TPSA) is 59.8 Å². The molecule has 0 fully saturated rings. The lowest BCUT2D eigenvalue weighted by Crippen LogP contribution is -2.19. The van der Waals surface area contributed by atoms with Crippen molar-refractivity contribution in [2.45, 2.75) is 0 Å². The molecule has 1 radical (unpaired) electrons. The van der Waals surface area contributed by atoms with Crippen LogP contribution < -0.4 is 5.32 Å². The van der Waals surface area contributed by atoms with Gasteiger partial charge in [0.2, 0.25) is 0 Å². The smallest absolute Gasteiger partial charge is 0.306 e. The number of nitrogens with zero attached hydrogens (tertiary/aromatic N) is 3. The van der Waals surface area contributed by atoms with Crippen LogP contribution in [0.1, 0.15) is 0 Å². The Morgan fingerprint density at radius 3 is 2.86 bits per heavy atom. The highest BCUT2D eigenvalue weighted by atomic mass is 16.2. The van der Waals surface area contributed by atoms with Gasteiger partial charge in [-0.3, -0.25) is 4.98 Å². The highest BCUT2D eigenvalue weighted by Crippen LogP contribution is 2.03. The molecule has 0 aliphatic heterocycles. The van der Waals surface area contributed by atoms with Crippen LogP contribution in [-0.2, 0) is 0 Å². The zero-order chi connectivity index (χ0) is 9.80. The number of carbonyl (C=O) groups is 1. The molecule has 0 aliphatic rings. The molecule has 0 aliphatic carbocycles. The number of pyridine rings is 1. The third-order valence-corrected chi connectivity index (χ3v) is 1.59. The van der Waals surface area contributed by atoms with Gasteiger partial charge in [-0.2, -0.15) is 9.78 Å². The summed E-state index contributed by atoms with van der Waals surface area (Å²) in [5.41, 5.74) is 0.681. The minimum absolute atomic E-state index is 0.322. The molecule has 0 spiro atoms. The largest absolute Gasteiger partial charge is 0.346 e. The Hall–Kier alpha value is -2.17. The molecule has 2 rings (SSSR count). The van der Waals surface area contributed by atoms with Crippen LogP contribution in [0.2, 0.25) is 0 Å². The molecule has 2 heterocycles. The van der Waals surface area contributed by atoms with Crippen LogP contribution in [0.3, 0.4) is 0 Å². The van der Waals surface area contributed by atoms with Gasteiger partial charge in [0.15, 0.2) is 0 Å². The van der Waals surface area contributed by atoms with Crippen molar-refractivity contribution in [1.82, 2.24) is 14.8 Å². The summed E-state index contributed by atoms with van der Waals surface area (Å²) in [7, 11) is 0. The molecular formula is C9H7N4O. The van der Waals surface area contributed by atoms with E-state index >= 15 is 0 Å². The minimum Gasteiger partial charge on any atom is -0.306 e. The molecule has 2 aromatic heterocycles. The summed E-state index contributed by atoms with van der Waals surface area (Å²) in [4.78, 5) is 15.3. The lowest BCUT2D eigenvalue weighted by atomic mass is 10.4. The van der Waals surface area contributed by atoms with Gasteiger partial charge in [0.25, 0.3) is 0 Å². The lowest BCUT2D eigenvalue weighted by molar-refractivity contribution is 0.251. The average molecular weight is 187 g/mol. The van der Waals surface area contributed by atoms with E-state index < -0.39 is 0 Å². The third kappa shape index (κ3) is 1.77. The monoisotopic (exact) mass is 187 g/mol. The maximum Gasteiger partial charge on any atom is 0.346 e. The number of aromatic nitrogens is 3. The molecular weight excluding hydrogens is 180 g/mol. The Morgan fingerprint density at radius 1 is 1.43 bits per heavy atom. The van der Waals surface area contributed by atoms with Crippen LogP contribution in [0.5, 0.6) is 0 Å². The van der Waals surface area contributed by atoms with Crippen LogP contribution in [0.4, 0.5) is 10.5 Å². The summed E-state index contributed by atoms with van der Waals surface area (Å²) in [6.45, 7) is 0. The fourth-order valence-corrected chi connectivity index (χ4v) is 0.960. The number of nitrogens with one attached hydrogen (secondary N) is 1. The normalized spacial score (nSPS) is 9.71. The number of carbonyl (C=O) groups excluding carboxylic acids is 1. The van der Waals surface area contributed by atoms with Crippen molar-refractivity contribution in [3.05, 3.63) is 43.0 Å². The first-order valence-corrected chi connectivity index (χ1v) is 3.98. The molecule has 0 aromatic carbocycles. The Balaban J connectivity index is 2.10. The van der Waals surface area contributed by atoms with Crippen molar-refractivity contribution in [2.75, 3.05) is 5.32 Å². The number of amides is 1. The van der Waals surface area contributed by atoms with E-state index in [0.717, 1.165) is 0 Å². The molecule has 0 saturated heterocycles. The summed E-state index contributed by atoms with van der Waals surface area (Å²) in [5, 5.41) is 6.39. The van der Waals surface area contributed by atoms with Gasteiger partial charge >= 0.3 is 6.03 Å². The second-order valence-electron chi connectivity index (χ2n) is 2.55. The number of hydrogen-bond donors (Lipinski definition) is 1. The van der Waals surface area contributed by atoms with E-state index in [4.69, 9.17) is 0 Å². The predicted octanol–water partition coefficient (Wildman–Crippen LogP) is 1.16. The van der Waals surface area contributed by atoms with Gasteiger partial charge in [0.05, 0.1) is 6.20 Å². The molecule has 1 N–H and O–H groups in total.